The van der Waals surface area contributed by atoms with Crippen molar-refractivity contribution in [3.05, 3.63) is 24.2 Å². The van der Waals surface area contributed by atoms with Crippen molar-refractivity contribution < 1.29 is 14.2 Å². The summed E-state index contributed by atoms with van der Waals surface area (Å²) in [5.74, 6) is 1.20. The smallest absolute Gasteiger partial charge is 0.257 e. The Labute approximate surface area is 173 Å². The third kappa shape index (κ3) is 3.36. The average Bonchev–Trinajstić information content (AvgIpc) is 3.24. The molecule has 1 unspecified atom stereocenters. The van der Waals surface area contributed by atoms with Crippen molar-refractivity contribution in [3.8, 4) is 11.9 Å². The topological polar surface area (TPSA) is 112 Å². The molecule has 156 valence electrons. The van der Waals surface area contributed by atoms with Crippen molar-refractivity contribution >= 4 is 22.7 Å². The van der Waals surface area contributed by atoms with Gasteiger partial charge in [0.25, 0.3) is 5.88 Å². The minimum Gasteiger partial charge on any atom is -0.467 e. The number of hydrogen-bond donors (Lipinski definition) is 1. The number of aromatic nitrogens is 5. The lowest BCUT2D eigenvalue weighted by molar-refractivity contribution is -0.0812. The summed E-state index contributed by atoms with van der Waals surface area (Å²) in [6, 6.07) is 4.31. The maximum absolute atomic E-state index is 9.69. The van der Waals surface area contributed by atoms with Crippen molar-refractivity contribution in [2.45, 2.75) is 25.5 Å². The maximum atomic E-state index is 9.69. The van der Waals surface area contributed by atoms with Crippen molar-refractivity contribution in [2.24, 2.45) is 13.0 Å². The predicted octanol–water partition coefficient (Wildman–Crippen LogP) is 2.16. The first kappa shape index (κ1) is 18.8. The normalized spacial score (nSPS) is 21.9. The first-order chi connectivity index (χ1) is 14.6. The fourth-order valence-electron chi connectivity index (χ4n) is 3.94. The molecule has 5 rings (SSSR count). The van der Waals surface area contributed by atoms with Crippen LogP contribution in [0.3, 0.4) is 0 Å². The van der Waals surface area contributed by atoms with Crippen LogP contribution >= 0.6 is 0 Å². The number of nitrogens with one attached hydrogen (secondary N) is 1. The Kier molecular flexibility index (Phi) is 4.77. The van der Waals surface area contributed by atoms with Crippen LogP contribution < -0.4 is 10.1 Å². The molecule has 0 bridgehead atoms. The lowest BCUT2D eigenvalue weighted by Crippen LogP contribution is -2.38. The first-order valence-electron chi connectivity index (χ1n) is 10.0. The lowest BCUT2D eigenvalue weighted by Gasteiger charge is -2.31. The molecule has 10 nitrogen and oxygen atoms in total. The highest BCUT2D eigenvalue weighted by Crippen LogP contribution is 2.33. The van der Waals surface area contributed by atoms with Crippen molar-refractivity contribution in [1.82, 2.24) is 24.3 Å². The number of nitrogens with zero attached hydrogens (tertiary/aromatic N) is 6. The molecule has 2 saturated heterocycles. The second kappa shape index (κ2) is 7.59. The van der Waals surface area contributed by atoms with E-state index in [2.05, 4.69) is 28.4 Å². The summed E-state index contributed by atoms with van der Waals surface area (Å²) in [7, 11) is 1.83. The molecule has 2 aliphatic rings. The Morgan fingerprint density at radius 3 is 2.90 bits per heavy atom. The number of ether oxygens (including phenoxy) is 3. The predicted molar refractivity (Wildman–Crippen MR) is 108 cm³/mol. The third-order valence-corrected chi connectivity index (χ3v) is 5.54. The highest BCUT2D eigenvalue weighted by Gasteiger charge is 2.28. The number of aryl methyl sites for hydroxylation is 1. The Morgan fingerprint density at radius 2 is 2.17 bits per heavy atom. The molecule has 10 heteroatoms. The zero-order valence-corrected chi connectivity index (χ0v) is 16.9. The molecule has 30 heavy (non-hydrogen) atoms. The molecule has 2 aliphatic heterocycles. The summed E-state index contributed by atoms with van der Waals surface area (Å²) in [5.41, 5.74) is 2.01. The van der Waals surface area contributed by atoms with E-state index in [1.54, 1.807) is 10.9 Å². The molecule has 0 spiro atoms. The molecule has 0 radical (unpaired) electrons. The van der Waals surface area contributed by atoms with E-state index in [-0.39, 0.29) is 18.1 Å². The van der Waals surface area contributed by atoms with Gasteiger partial charge in [-0.1, -0.05) is 6.92 Å². The monoisotopic (exact) mass is 409 g/mol. The van der Waals surface area contributed by atoms with Gasteiger partial charge in [0.05, 0.1) is 26.0 Å². The summed E-state index contributed by atoms with van der Waals surface area (Å²) >= 11 is 0. The van der Waals surface area contributed by atoms with Gasteiger partial charge in [0, 0.05) is 37.2 Å². The van der Waals surface area contributed by atoms with Gasteiger partial charge in [0.2, 0.25) is 5.95 Å². The van der Waals surface area contributed by atoms with Crippen LogP contribution in [0, 0.1) is 17.2 Å². The van der Waals surface area contributed by atoms with Gasteiger partial charge in [-0.05, 0) is 12.5 Å². The van der Waals surface area contributed by atoms with Gasteiger partial charge in [-0.3, -0.25) is 4.68 Å². The lowest BCUT2D eigenvalue weighted by atomic mass is 9.97. The maximum Gasteiger partial charge on any atom is 0.257 e. The van der Waals surface area contributed by atoms with Crippen LogP contribution in [0.2, 0.25) is 0 Å². The number of anilines is 2. The SMILES string of the molecule is C[C@@H]1COCCC1n1c(C#N)cc2cnc(Nc3cn(C)nc3OC3COC3)nc21. The highest BCUT2D eigenvalue weighted by atomic mass is 16.6. The van der Waals surface area contributed by atoms with Crippen molar-refractivity contribution in [2.75, 3.05) is 31.7 Å². The van der Waals surface area contributed by atoms with Gasteiger partial charge in [-0.2, -0.15) is 10.2 Å². The van der Waals surface area contributed by atoms with Crippen molar-refractivity contribution in [3.63, 3.8) is 0 Å². The van der Waals surface area contributed by atoms with E-state index in [1.165, 1.54) is 0 Å². The summed E-state index contributed by atoms with van der Waals surface area (Å²) in [5, 5.41) is 18.1. The molecule has 2 atom stereocenters. The zero-order chi connectivity index (χ0) is 20.7. The summed E-state index contributed by atoms with van der Waals surface area (Å²) in [4.78, 5) is 9.18. The second-order valence-electron chi connectivity index (χ2n) is 7.82. The minimum absolute atomic E-state index is 0.00859. The van der Waals surface area contributed by atoms with Crippen LogP contribution in [0.15, 0.2) is 18.5 Å². The van der Waals surface area contributed by atoms with Gasteiger partial charge < -0.3 is 24.1 Å². The van der Waals surface area contributed by atoms with E-state index in [0.717, 1.165) is 17.5 Å². The van der Waals surface area contributed by atoms with Gasteiger partial charge in [0.1, 0.15) is 29.2 Å². The number of nitriles is 1. The Morgan fingerprint density at radius 1 is 1.30 bits per heavy atom. The molecular formula is C20H23N7O3. The van der Waals surface area contributed by atoms with E-state index in [1.807, 2.05) is 23.9 Å². The van der Waals surface area contributed by atoms with Crippen molar-refractivity contribution in [1.29, 1.82) is 5.26 Å². The molecule has 2 fully saturated rings. The van der Waals surface area contributed by atoms with E-state index < -0.39 is 0 Å². The largest absolute Gasteiger partial charge is 0.467 e. The van der Waals surface area contributed by atoms with Gasteiger partial charge in [0.15, 0.2) is 0 Å². The Bertz CT molecular complexity index is 1110. The van der Waals surface area contributed by atoms with Crippen LogP contribution in [0.1, 0.15) is 25.1 Å². The Hall–Kier alpha value is -3.16. The summed E-state index contributed by atoms with van der Waals surface area (Å²) < 4.78 is 20.3. The molecule has 3 aromatic rings. The number of rotatable bonds is 5. The molecule has 0 amide bonds. The minimum atomic E-state index is 0.00859. The standard InChI is InChI=1S/C20H23N7O3/c1-12-9-28-4-3-17(12)27-14(6-21)5-13-7-22-20(24-18(13)27)23-16-8-26(2)25-19(16)30-15-10-29-11-15/h5,7-8,12,15,17H,3-4,9-11H2,1-2H3,(H,22,23,24)/t12-,17?/m1/s1. The fourth-order valence-corrected chi connectivity index (χ4v) is 3.94. The quantitative estimate of drug-likeness (QED) is 0.682. The summed E-state index contributed by atoms with van der Waals surface area (Å²) in [6.07, 6.45) is 4.41. The molecule has 0 aliphatic carbocycles. The molecule has 5 heterocycles. The van der Waals surface area contributed by atoms with E-state index in [0.29, 0.717) is 49.6 Å². The fraction of sp³-hybridized carbons (Fsp3) is 0.500. The number of fused-ring (bicyclic) bond motifs is 1. The molecule has 3 aromatic heterocycles. The zero-order valence-electron chi connectivity index (χ0n) is 16.9. The van der Waals surface area contributed by atoms with E-state index >= 15 is 0 Å². The molecular weight excluding hydrogens is 386 g/mol. The van der Waals surface area contributed by atoms with Gasteiger partial charge in [-0.25, -0.2) is 4.98 Å². The highest BCUT2D eigenvalue weighted by molar-refractivity contribution is 5.79. The first-order valence-corrected chi connectivity index (χ1v) is 10.0. The van der Waals surface area contributed by atoms with Gasteiger partial charge >= 0.3 is 0 Å². The molecule has 1 N–H and O–H groups in total. The van der Waals surface area contributed by atoms with Crippen LogP contribution in [-0.2, 0) is 16.5 Å². The van der Waals surface area contributed by atoms with Crippen LogP contribution in [0.25, 0.3) is 11.0 Å². The third-order valence-electron chi connectivity index (χ3n) is 5.54. The molecule has 0 aromatic carbocycles. The van der Waals surface area contributed by atoms with Crippen LogP contribution in [-0.4, -0.2) is 56.8 Å². The number of hydrogen-bond acceptors (Lipinski definition) is 8. The molecule has 0 saturated carbocycles. The van der Waals surface area contributed by atoms with E-state index in [9.17, 15) is 5.26 Å². The van der Waals surface area contributed by atoms with Crippen LogP contribution in [0.4, 0.5) is 11.6 Å². The average molecular weight is 409 g/mol. The second-order valence-corrected chi connectivity index (χ2v) is 7.82. The van der Waals surface area contributed by atoms with Gasteiger partial charge in [-0.15, -0.1) is 5.10 Å². The summed E-state index contributed by atoms with van der Waals surface area (Å²) in [6.45, 7) is 4.61. The van der Waals surface area contributed by atoms with E-state index in [4.69, 9.17) is 19.2 Å². The Balaban J connectivity index is 1.49. The van der Waals surface area contributed by atoms with Crippen LogP contribution in [0.5, 0.6) is 5.88 Å².